The van der Waals surface area contributed by atoms with Crippen LogP contribution in [0.1, 0.15) is 81.4 Å². The Bertz CT molecular complexity index is 1260. The van der Waals surface area contributed by atoms with Gasteiger partial charge in [-0.25, -0.2) is 0 Å². The first-order valence-electron chi connectivity index (χ1n) is 16.7. The molecule has 4 atom stereocenters. The molecule has 2 aliphatic rings. The third-order valence-electron chi connectivity index (χ3n) is 8.57. The van der Waals surface area contributed by atoms with Crippen LogP contribution in [0.3, 0.4) is 0 Å². The highest BCUT2D eigenvalue weighted by Gasteiger charge is 2.54. The predicted molar refractivity (Wildman–Crippen MR) is 160 cm³/mol. The first-order chi connectivity index (χ1) is 20.8. The molecule has 2 fully saturated rings. The molecule has 4 rings (SSSR count). The monoisotopic (exact) mass is 556 g/mol. The summed E-state index contributed by atoms with van der Waals surface area (Å²) >= 11 is 0. The van der Waals surface area contributed by atoms with Gasteiger partial charge in [-0.1, -0.05) is 75.3 Å². The molecule has 0 aliphatic carbocycles. The van der Waals surface area contributed by atoms with E-state index >= 15 is 0 Å². The van der Waals surface area contributed by atoms with Crippen LogP contribution < -0.4 is 10.6 Å². The molecule has 40 heavy (non-hydrogen) atoms. The summed E-state index contributed by atoms with van der Waals surface area (Å²) < 4.78 is 31.5. The maximum Gasteiger partial charge on any atom is 0.243 e. The Kier molecular flexibility index (Phi) is 8.60. The van der Waals surface area contributed by atoms with Crippen molar-refractivity contribution >= 4 is 11.8 Å². The van der Waals surface area contributed by atoms with E-state index in [4.69, 9.17) is 5.48 Å². The summed E-state index contributed by atoms with van der Waals surface area (Å²) in [6, 6.07) is 16.7. The van der Waals surface area contributed by atoms with E-state index in [0.717, 1.165) is 17.5 Å². The second kappa shape index (κ2) is 13.7. The lowest BCUT2D eigenvalue weighted by Gasteiger charge is -2.34. The van der Waals surface area contributed by atoms with E-state index in [1.807, 2.05) is 42.5 Å². The van der Waals surface area contributed by atoms with Gasteiger partial charge in [0.1, 0.15) is 11.6 Å². The van der Waals surface area contributed by atoms with Gasteiger partial charge in [0, 0.05) is 25.1 Å². The third-order valence-corrected chi connectivity index (χ3v) is 8.57. The smallest absolute Gasteiger partial charge is 0.243 e. The van der Waals surface area contributed by atoms with Crippen LogP contribution in [0.2, 0.25) is 0 Å². The van der Waals surface area contributed by atoms with Gasteiger partial charge in [-0.15, -0.1) is 0 Å². The van der Waals surface area contributed by atoms with Gasteiger partial charge in [-0.05, 0) is 74.7 Å². The van der Waals surface area contributed by atoms with E-state index < -0.39 is 37.0 Å². The molecule has 2 aliphatic heterocycles. The molecule has 0 aromatic heterocycles. The van der Waals surface area contributed by atoms with Crippen molar-refractivity contribution in [2.75, 3.05) is 26.2 Å². The average molecular weight is 557 g/mol. The normalized spacial score (nSPS) is 23.6. The molecular weight excluding hydrogens is 500 g/mol. The van der Waals surface area contributed by atoms with E-state index in [2.05, 4.69) is 36.6 Å². The maximum absolute atomic E-state index is 13.8. The van der Waals surface area contributed by atoms with Gasteiger partial charge in [0.25, 0.3) is 0 Å². The van der Waals surface area contributed by atoms with Gasteiger partial charge in [-0.2, -0.15) is 0 Å². The molecule has 2 saturated heterocycles. The van der Waals surface area contributed by atoms with Crippen LogP contribution in [-0.4, -0.2) is 76.6 Å². The molecule has 2 aromatic rings. The van der Waals surface area contributed by atoms with E-state index in [1.54, 1.807) is 16.7 Å². The second-order valence-electron chi connectivity index (χ2n) is 11.6. The van der Waals surface area contributed by atoms with Gasteiger partial charge >= 0.3 is 0 Å². The molecule has 7 nitrogen and oxygen atoms in total. The van der Waals surface area contributed by atoms with Crippen LogP contribution in [-0.2, 0) is 22.6 Å². The fraction of sp³-hybridized carbons (Fsp3) is 0.576. The van der Waals surface area contributed by atoms with Crippen LogP contribution in [0.4, 0.5) is 0 Å². The standard InChI is InChI=1S/C33H48N4O3/c1-5-17-36-18-10-15-33(36)16-19-37(32(33)40)25(4)31(39)35-29(21-26-11-7-6-8-12-26)30(38)23-34-22-27-13-9-14-28(20-27)24(2)3/h6-9,11-14,20,24-25,29-30,34,38H,5,10,15-19,21-23H2,1-4H3,(H,35,39)/t25-,29-,30+,33-/m0/s1/i1T2,5T2. The number of nitrogens with zero attached hydrogens (tertiary/aromatic N) is 2. The number of aliphatic hydroxyl groups excluding tert-OH is 1. The van der Waals surface area contributed by atoms with Crippen molar-refractivity contribution in [1.82, 2.24) is 20.4 Å². The number of aliphatic hydroxyl groups is 1. The van der Waals surface area contributed by atoms with Crippen LogP contribution >= 0.6 is 0 Å². The number of carbonyl (C=O) groups excluding carboxylic acids is 2. The van der Waals surface area contributed by atoms with Crippen molar-refractivity contribution in [2.45, 2.75) is 95.9 Å². The van der Waals surface area contributed by atoms with E-state index in [1.165, 1.54) is 5.56 Å². The number of carbonyl (C=O) groups is 2. The summed E-state index contributed by atoms with van der Waals surface area (Å²) in [6.45, 7) is 5.91. The minimum atomic E-state index is -2.07. The Labute approximate surface area is 245 Å². The summed E-state index contributed by atoms with van der Waals surface area (Å²) in [5, 5.41) is 17.6. The Morgan fingerprint density at radius 3 is 2.62 bits per heavy atom. The molecule has 0 saturated carbocycles. The topological polar surface area (TPSA) is 84.9 Å². The lowest BCUT2D eigenvalue weighted by atomic mass is 9.94. The van der Waals surface area contributed by atoms with Gasteiger partial charge < -0.3 is 20.6 Å². The molecule has 0 radical (unpaired) electrons. The summed E-state index contributed by atoms with van der Waals surface area (Å²) in [5.74, 6) is -0.132. The fourth-order valence-corrected chi connectivity index (χ4v) is 6.12. The van der Waals surface area contributed by atoms with Gasteiger partial charge in [0.05, 0.1) is 12.1 Å². The van der Waals surface area contributed by atoms with Crippen molar-refractivity contribution < 1.29 is 20.2 Å². The number of nitrogens with one attached hydrogen (secondary N) is 2. The Morgan fingerprint density at radius 2 is 1.88 bits per heavy atom. The molecule has 7 heteroatoms. The number of hydrogen-bond donors (Lipinski definition) is 3. The molecule has 2 heterocycles. The van der Waals surface area contributed by atoms with Crippen molar-refractivity contribution in [2.24, 2.45) is 0 Å². The van der Waals surface area contributed by atoms with Crippen LogP contribution in [0.25, 0.3) is 0 Å². The van der Waals surface area contributed by atoms with E-state index in [-0.39, 0.29) is 24.9 Å². The molecule has 2 aromatic carbocycles. The van der Waals surface area contributed by atoms with Crippen molar-refractivity contribution in [3.05, 3.63) is 71.3 Å². The van der Waals surface area contributed by atoms with Gasteiger partial charge in [0.2, 0.25) is 11.8 Å². The number of benzene rings is 2. The minimum Gasteiger partial charge on any atom is -0.390 e. The maximum atomic E-state index is 13.8. The zero-order valence-electron chi connectivity index (χ0n) is 28.1. The van der Waals surface area contributed by atoms with Crippen LogP contribution in [0.15, 0.2) is 54.6 Å². The van der Waals surface area contributed by atoms with E-state index in [0.29, 0.717) is 44.8 Å². The van der Waals surface area contributed by atoms with Gasteiger partial charge in [-0.3, -0.25) is 14.5 Å². The SMILES string of the molecule is [3H]C([3H])C([3H])([3H])CN1CCC[C@@]12CCN([C@@H](C)C(=O)N[C@@H](Cc1ccccc1)[C@H](O)CNCc1cccc(C(C)C)c1)C2=O. The number of hydrogen-bond acceptors (Lipinski definition) is 5. The highest BCUT2D eigenvalue weighted by Crippen LogP contribution is 2.39. The number of rotatable bonds is 13. The highest BCUT2D eigenvalue weighted by atomic mass is 16.3. The summed E-state index contributed by atoms with van der Waals surface area (Å²) in [7, 11) is 0. The molecular formula is C33H48N4O3. The summed E-state index contributed by atoms with van der Waals surface area (Å²) in [4.78, 5) is 30.8. The Balaban J connectivity index is 1.41. The quantitative estimate of drug-likeness (QED) is 0.349. The van der Waals surface area contributed by atoms with Crippen molar-refractivity contribution in [3.63, 3.8) is 0 Å². The first kappa shape index (κ1) is 25.0. The Morgan fingerprint density at radius 1 is 1.10 bits per heavy atom. The first-order valence-corrected chi connectivity index (χ1v) is 14.6. The number of likely N-dealkylation sites (tertiary alicyclic amines) is 2. The zero-order chi connectivity index (χ0) is 32.1. The third kappa shape index (κ3) is 6.93. The van der Waals surface area contributed by atoms with Crippen LogP contribution in [0.5, 0.6) is 0 Å². The van der Waals surface area contributed by atoms with Crippen molar-refractivity contribution in [3.8, 4) is 0 Å². The predicted octanol–water partition coefficient (Wildman–Crippen LogP) is 3.85. The second-order valence-corrected chi connectivity index (χ2v) is 11.6. The lowest BCUT2D eigenvalue weighted by molar-refractivity contribution is -0.143. The van der Waals surface area contributed by atoms with Gasteiger partial charge in [0.15, 0.2) is 0 Å². The van der Waals surface area contributed by atoms with Crippen molar-refractivity contribution in [1.29, 1.82) is 0 Å². The zero-order valence-corrected chi connectivity index (χ0v) is 24.1. The fourth-order valence-electron chi connectivity index (χ4n) is 6.12. The summed E-state index contributed by atoms with van der Waals surface area (Å²) in [6.07, 6.45) is -0.771. The molecule has 2 amide bonds. The molecule has 0 unspecified atom stereocenters. The van der Waals surface area contributed by atoms with E-state index in [9.17, 15) is 14.7 Å². The largest absolute Gasteiger partial charge is 0.390 e. The molecule has 1 spiro atoms. The Hall–Kier alpha value is -2.74. The lowest BCUT2D eigenvalue weighted by Crippen LogP contribution is -2.56. The molecule has 218 valence electrons. The molecule has 0 bridgehead atoms. The highest BCUT2D eigenvalue weighted by molar-refractivity contribution is 5.94. The minimum absolute atomic E-state index is 0.162. The summed E-state index contributed by atoms with van der Waals surface area (Å²) in [5.41, 5.74) is 2.44. The molecule has 3 N–H and O–H groups in total. The average Bonchev–Trinajstić information content (AvgIpc) is 3.54. The van der Waals surface area contributed by atoms with Crippen LogP contribution in [0, 0.1) is 0 Å². The number of amides is 2.